The summed E-state index contributed by atoms with van der Waals surface area (Å²) in [4.78, 5) is 22.2. The summed E-state index contributed by atoms with van der Waals surface area (Å²) in [6.45, 7) is 0.176. The number of rotatable bonds is 3. The monoisotopic (exact) mass is 308 g/mol. The van der Waals surface area contributed by atoms with Gasteiger partial charge in [-0.1, -0.05) is 18.2 Å². The Morgan fingerprint density at radius 3 is 2.67 bits per heavy atom. The summed E-state index contributed by atoms with van der Waals surface area (Å²) in [7, 11) is 0. The fourth-order valence-electron chi connectivity index (χ4n) is 1.64. The Hall–Kier alpha value is -1.95. The molecule has 0 bridgehead atoms. The van der Waals surface area contributed by atoms with Gasteiger partial charge in [0.15, 0.2) is 0 Å². The average molecular weight is 309 g/mol. The molecular weight excluding hydrogens is 300 g/mol. The van der Waals surface area contributed by atoms with Crippen LogP contribution in [-0.4, -0.2) is 9.49 Å². The van der Waals surface area contributed by atoms with E-state index in [1.54, 1.807) is 36.5 Å². The first-order valence-corrected chi connectivity index (χ1v) is 5.96. The molecule has 1 heterocycles. The highest BCUT2D eigenvalue weighted by atomic mass is 79.9. The fraction of sp³-hybridized carbons (Fsp3) is 0.0833. The lowest BCUT2D eigenvalue weighted by Crippen LogP contribution is -2.20. The van der Waals surface area contributed by atoms with Gasteiger partial charge in [-0.25, -0.2) is 0 Å². The van der Waals surface area contributed by atoms with E-state index in [1.165, 1.54) is 10.6 Å². The summed E-state index contributed by atoms with van der Waals surface area (Å²) < 4.78 is 1.86. The van der Waals surface area contributed by atoms with Crippen molar-refractivity contribution in [2.75, 3.05) is 0 Å². The normalized spacial score (nSPS) is 10.3. The summed E-state index contributed by atoms with van der Waals surface area (Å²) in [5.74, 6) is 0. The number of pyridine rings is 1. The summed E-state index contributed by atoms with van der Waals surface area (Å²) in [5.41, 5.74) is 0.308. The largest absolute Gasteiger partial charge is 0.310 e. The maximum atomic E-state index is 11.8. The van der Waals surface area contributed by atoms with Crippen molar-refractivity contribution in [2.24, 2.45) is 0 Å². The SMILES string of the molecule is O=c1c(Br)cccn1Cc1ccccc1[N+](=O)[O-]. The highest BCUT2D eigenvalue weighted by molar-refractivity contribution is 9.10. The maximum absolute atomic E-state index is 11.8. The molecule has 0 radical (unpaired) electrons. The van der Waals surface area contributed by atoms with Crippen molar-refractivity contribution >= 4 is 21.6 Å². The number of benzene rings is 1. The molecule has 0 aliphatic heterocycles. The third kappa shape index (κ3) is 2.48. The van der Waals surface area contributed by atoms with Crippen LogP contribution in [-0.2, 0) is 6.54 Å². The number of hydrogen-bond acceptors (Lipinski definition) is 3. The third-order valence-corrected chi connectivity index (χ3v) is 3.11. The predicted octanol–water partition coefficient (Wildman–Crippen LogP) is 2.57. The summed E-state index contributed by atoms with van der Waals surface area (Å²) >= 11 is 3.14. The van der Waals surface area contributed by atoms with Crippen molar-refractivity contribution in [3.05, 3.63) is 73.1 Å². The first-order chi connectivity index (χ1) is 8.59. The molecule has 0 aliphatic carbocycles. The first-order valence-electron chi connectivity index (χ1n) is 5.17. The Kier molecular flexibility index (Phi) is 3.57. The zero-order valence-electron chi connectivity index (χ0n) is 9.25. The van der Waals surface area contributed by atoms with E-state index in [9.17, 15) is 14.9 Å². The van der Waals surface area contributed by atoms with Gasteiger partial charge >= 0.3 is 0 Å². The molecule has 2 aromatic rings. The molecule has 5 nitrogen and oxygen atoms in total. The van der Waals surface area contributed by atoms with Crippen LogP contribution in [0.1, 0.15) is 5.56 Å². The Morgan fingerprint density at radius 2 is 1.94 bits per heavy atom. The molecule has 18 heavy (non-hydrogen) atoms. The number of nitro benzene ring substituents is 1. The molecule has 0 amide bonds. The minimum absolute atomic E-state index is 0.0179. The van der Waals surface area contributed by atoms with Crippen LogP contribution in [0.5, 0.6) is 0 Å². The molecule has 0 saturated carbocycles. The van der Waals surface area contributed by atoms with E-state index in [0.29, 0.717) is 10.0 Å². The van der Waals surface area contributed by atoms with Crippen LogP contribution in [0.3, 0.4) is 0 Å². The molecule has 0 fully saturated rings. The van der Waals surface area contributed by atoms with E-state index in [2.05, 4.69) is 15.9 Å². The van der Waals surface area contributed by atoms with Gasteiger partial charge in [-0.15, -0.1) is 0 Å². The van der Waals surface area contributed by atoms with Gasteiger partial charge in [0.2, 0.25) is 0 Å². The van der Waals surface area contributed by atoms with Gasteiger partial charge in [0.05, 0.1) is 15.9 Å². The lowest BCUT2D eigenvalue weighted by molar-refractivity contribution is -0.385. The minimum Gasteiger partial charge on any atom is -0.310 e. The number of hydrogen-bond donors (Lipinski definition) is 0. The zero-order valence-corrected chi connectivity index (χ0v) is 10.8. The van der Waals surface area contributed by atoms with Crippen LogP contribution in [0.25, 0.3) is 0 Å². The van der Waals surface area contributed by atoms with Crippen LogP contribution >= 0.6 is 15.9 Å². The van der Waals surface area contributed by atoms with Gasteiger partial charge in [-0.3, -0.25) is 14.9 Å². The molecule has 0 saturated heterocycles. The second-order valence-electron chi connectivity index (χ2n) is 3.68. The van der Waals surface area contributed by atoms with Crippen molar-refractivity contribution in [3.63, 3.8) is 0 Å². The van der Waals surface area contributed by atoms with Gasteiger partial charge in [-0.2, -0.15) is 0 Å². The molecular formula is C12H9BrN2O3. The standard InChI is InChI=1S/C12H9BrN2O3/c13-10-5-3-7-14(12(10)16)8-9-4-1-2-6-11(9)15(17)18/h1-7H,8H2. The van der Waals surface area contributed by atoms with E-state index < -0.39 is 4.92 Å². The Morgan fingerprint density at radius 1 is 1.22 bits per heavy atom. The van der Waals surface area contributed by atoms with E-state index >= 15 is 0 Å². The van der Waals surface area contributed by atoms with Crippen molar-refractivity contribution in [1.82, 2.24) is 4.57 Å². The van der Waals surface area contributed by atoms with Gasteiger partial charge < -0.3 is 4.57 Å². The number of nitro groups is 1. The van der Waals surface area contributed by atoms with Gasteiger partial charge in [0.1, 0.15) is 0 Å². The molecule has 92 valence electrons. The van der Waals surface area contributed by atoms with Crippen LogP contribution in [0.4, 0.5) is 5.69 Å². The Balaban J connectivity index is 2.44. The molecule has 2 rings (SSSR count). The lowest BCUT2D eigenvalue weighted by atomic mass is 10.2. The summed E-state index contributed by atoms with van der Waals surface area (Å²) in [6, 6.07) is 9.74. The van der Waals surface area contributed by atoms with Gasteiger partial charge in [-0.05, 0) is 28.1 Å². The molecule has 0 N–H and O–H groups in total. The Labute approximate surface area is 111 Å². The molecule has 0 spiro atoms. The quantitative estimate of drug-likeness (QED) is 0.646. The smallest absolute Gasteiger partial charge is 0.274 e. The highest BCUT2D eigenvalue weighted by Crippen LogP contribution is 2.18. The van der Waals surface area contributed by atoms with Crippen LogP contribution in [0.15, 0.2) is 51.9 Å². The van der Waals surface area contributed by atoms with E-state index in [1.807, 2.05) is 0 Å². The van der Waals surface area contributed by atoms with E-state index in [4.69, 9.17) is 0 Å². The second kappa shape index (κ2) is 5.14. The van der Waals surface area contributed by atoms with E-state index in [-0.39, 0.29) is 17.8 Å². The van der Waals surface area contributed by atoms with Crippen molar-refractivity contribution in [2.45, 2.75) is 6.54 Å². The first kappa shape index (κ1) is 12.5. The minimum atomic E-state index is -0.446. The zero-order chi connectivity index (χ0) is 13.1. The fourth-order valence-corrected chi connectivity index (χ4v) is 2.02. The van der Waals surface area contributed by atoms with E-state index in [0.717, 1.165) is 0 Å². The molecule has 0 unspecified atom stereocenters. The van der Waals surface area contributed by atoms with Crippen molar-refractivity contribution in [3.8, 4) is 0 Å². The lowest BCUT2D eigenvalue weighted by Gasteiger charge is -2.06. The topological polar surface area (TPSA) is 65.1 Å². The molecule has 0 atom stereocenters. The molecule has 6 heteroatoms. The van der Waals surface area contributed by atoms with Crippen LogP contribution in [0, 0.1) is 10.1 Å². The average Bonchev–Trinajstić information content (AvgIpc) is 2.35. The number of aromatic nitrogens is 1. The third-order valence-electron chi connectivity index (χ3n) is 2.50. The van der Waals surface area contributed by atoms with Gasteiger partial charge in [0.25, 0.3) is 11.2 Å². The number of para-hydroxylation sites is 1. The number of halogens is 1. The highest BCUT2D eigenvalue weighted by Gasteiger charge is 2.13. The maximum Gasteiger partial charge on any atom is 0.274 e. The summed E-state index contributed by atoms with van der Waals surface area (Å²) in [5, 5.41) is 10.9. The summed E-state index contributed by atoms with van der Waals surface area (Å²) in [6.07, 6.45) is 1.60. The predicted molar refractivity (Wildman–Crippen MR) is 70.6 cm³/mol. The van der Waals surface area contributed by atoms with Crippen molar-refractivity contribution in [1.29, 1.82) is 0 Å². The number of nitrogens with zero attached hydrogens (tertiary/aromatic N) is 2. The van der Waals surface area contributed by atoms with Crippen LogP contribution < -0.4 is 5.56 Å². The van der Waals surface area contributed by atoms with Crippen molar-refractivity contribution < 1.29 is 4.92 Å². The van der Waals surface area contributed by atoms with Crippen LogP contribution in [0.2, 0.25) is 0 Å². The van der Waals surface area contributed by atoms with Gasteiger partial charge in [0, 0.05) is 17.8 Å². The molecule has 1 aromatic heterocycles. The second-order valence-corrected chi connectivity index (χ2v) is 4.53. The molecule has 0 aliphatic rings. The Bertz CT molecular complexity index is 652. The molecule has 1 aromatic carbocycles.